The Kier molecular flexibility index (Phi) is 3.40. The molecule has 2 fully saturated rings. The Morgan fingerprint density at radius 2 is 1.80 bits per heavy atom. The van der Waals surface area contributed by atoms with Crippen molar-refractivity contribution in [2.45, 2.75) is 43.5 Å². The third kappa shape index (κ3) is 2.31. The molecule has 1 amide bonds. The normalized spacial score (nSPS) is 26.6. The SMILES string of the molecule is O=C1N=C(N2CCC3(CC2)OCc2ccccc23)OC12CCNCC2. The van der Waals surface area contributed by atoms with Gasteiger partial charge in [0.05, 0.1) is 12.2 Å². The highest BCUT2D eigenvalue weighted by molar-refractivity contribution is 6.01. The van der Waals surface area contributed by atoms with Crippen LogP contribution in [-0.2, 0) is 26.5 Å². The van der Waals surface area contributed by atoms with Crippen LogP contribution in [0.2, 0.25) is 0 Å². The molecule has 1 N–H and O–H groups in total. The van der Waals surface area contributed by atoms with Gasteiger partial charge in [0.15, 0.2) is 5.60 Å². The minimum absolute atomic E-state index is 0.105. The first kappa shape index (κ1) is 15.3. The van der Waals surface area contributed by atoms with Crippen LogP contribution in [0.1, 0.15) is 36.8 Å². The number of nitrogens with one attached hydrogen (secondary N) is 1. The number of carbonyl (C=O) groups is 1. The van der Waals surface area contributed by atoms with E-state index in [0.29, 0.717) is 25.5 Å². The van der Waals surface area contributed by atoms with Crippen molar-refractivity contribution >= 4 is 11.9 Å². The van der Waals surface area contributed by atoms with E-state index in [2.05, 4.69) is 39.5 Å². The molecule has 6 heteroatoms. The monoisotopic (exact) mass is 341 g/mol. The molecule has 6 nitrogen and oxygen atoms in total. The summed E-state index contributed by atoms with van der Waals surface area (Å²) >= 11 is 0. The second-order valence-electron chi connectivity index (χ2n) is 7.47. The molecule has 0 aromatic heterocycles. The summed E-state index contributed by atoms with van der Waals surface area (Å²) in [5.41, 5.74) is 1.73. The second kappa shape index (κ2) is 5.54. The van der Waals surface area contributed by atoms with E-state index < -0.39 is 5.60 Å². The van der Waals surface area contributed by atoms with Gasteiger partial charge in [0.2, 0.25) is 0 Å². The van der Waals surface area contributed by atoms with E-state index in [4.69, 9.17) is 9.47 Å². The molecule has 2 spiro atoms. The van der Waals surface area contributed by atoms with Crippen molar-refractivity contribution in [1.29, 1.82) is 0 Å². The summed E-state index contributed by atoms with van der Waals surface area (Å²) in [6, 6.07) is 9.02. The number of fused-ring (bicyclic) bond motifs is 2. The number of piperidine rings is 2. The molecule has 4 heterocycles. The molecule has 5 rings (SSSR count). The molecule has 0 atom stereocenters. The summed E-state index contributed by atoms with van der Waals surface area (Å²) in [5.74, 6) is -0.105. The van der Waals surface area contributed by atoms with E-state index in [1.165, 1.54) is 11.1 Å². The number of amidine groups is 1. The van der Waals surface area contributed by atoms with Crippen LogP contribution >= 0.6 is 0 Å². The number of aliphatic imine (C=N–C) groups is 1. The molecule has 0 aliphatic carbocycles. The summed E-state index contributed by atoms with van der Waals surface area (Å²) in [6.07, 6.45) is 3.20. The molecule has 1 aromatic rings. The summed E-state index contributed by atoms with van der Waals surface area (Å²) in [4.78, 5) is 18.8. The van der Waals surface area contributed by atoms with Crippen LogP contribution in [0, 0.1) is 0 Å². The smallest absolute Gasteiger partial charge is 0.296 e. The summed E-state index contributed by atoms with van der Waals surface area (Å²) < 4.78 is 12.3. The highest BCUT2D eigenvalue weighted by atomic mass is 16.5. The van der Waals surface area contributed by atoms with E-state index in [-0.39, 0.29) is 11.5 Å². The van der Waals surface area contributed by atoms with Crippen LogP contribution in [0.5, 0.6) is 0 Å². The van der Waals surface area contributed by atoms with Gasteiger partial charge < -0.3 is 19.7 Å². The van der Waals surface area contributed by atoms with E-state index in [1.807, 2.05) is 0 Å². The minimum Gasteiger partial charge on any atom is -0.448 e. The average molecular weight is 341 g/mol. The Hall–Kier alpha value is -1.92. The summed E-state index contributed by atoms with van der Waals surface area (Å²) in [7, 11) is 0. The van der Waals surface area contributed by atoms with Gasteiger partial charge in [-0.15, -0.1) is 0 Å². The lowest BCUT2D eigenvalue weighted by atomic mass is 9.84. The van der Waals surface area contributed by atoms with Crippen molar-refractivity contribution in [2.24, 2.45) is 4.99 Å². The predicted molar refractivity (Wildman–Crippen MR) is 92.1 cm³/mol. The van der Waals surface area contributed by atoms with Crippen LogP contribution in [-0.4, -0.2) is 48.6 Å². The molecule has 132 valence electrons. The molecule has 0 saturated carbocycles. The van der Waals surface area contributed by atoms with Gasteiger partial charge in [-0.1, -0.05) is 24.3 Å². The maximum Gasteiger partial charge on any atom is 0.296 e. The quantitative estimate of drug-likeness (QED) is 0.776. The van der Waals surface area contributed by atoms with Crippen LogP contribution in [0.25, 0.3) is 0 Å². The highest BCUT2D eigenvalue weighted by Gasteiger charge is 2.50. The van der Waals surface area contributed by atoms with E-state index in [1.54, 1.807) is 0 Å². The molecular formula is C19H23N3O3. The predicted octanol–water partition coefficient (Wildman–Crippen LogP) is 1.54. The van der Waals surface area contributed by atoms with Crippen molar-refractivity contribution < 1.29 is 14.3 Å². The van der Waals surface area contributed by atoms with Crippen molar-refractivity contribution in [3.05, 3.63) is 35.4 Å². The van der Waals surface area contributed by atoms with Gasteiger partial charge in [0.1, 0.15) is 0 Å². The van der Waals surface area contributed by atoms with E-state index in [9.17, 15) is 4.79 Å². The summed E-state index contributed by atoms with van der Waals surface area (Å²) in [6.45, 7) is 3.91. The molecule has 4 aliphatic heterocycles. The Morgan fingerprint density at radius 3 is 2.60 bits per heavy atom. The molecular weight excluding hydrogens is 318 g/mol. The molecule has 0 radical (unpaired) electrons. The van der Waals surface area contributed by atoms with Crippen LogP contribution in [0.4, 0.5) is 0 Å². The second-order valence-corrected chi connectivity index (χ2v) is 7.47. The highest BCUT2D eigenvalue weighted by Crippen LogP contribution is 2.44. The minimum atomic E-state index is -0.716. The number of hydrogen-bond acceptors (Lipinski definition) is 5. The number of ether oxygens (including phenoxy) is 2. The average Bonchev–Trinajstić information content (AvgIpc) is 3.16. The number of carbonyl (C=O) groups excluding carboxylic acids is 1. The maximum atomic E-state index is 12.4. The summed E-state index contributed by atoms with van der Waals surface area (Å²) in [5, 5.41) is 3.28. The van der Waals surface area contributed by atoms with Gasteiger partial charge >= 0.3 is 0 Å². The largest absolute Gasteiger partial charge is 0.448 e. The Morgan fingerprint density at radius 1 is 1.04 bits per heavy atom. The maximum absolute atomic E-state index is 12.4. The molecule has 1 aromatic carbocycles. The third-order valence-electron chi connectivity index (χ3n) is 6.14. The van der Waals surface area contributed by atoms with Crippen molar-refractivity contribution in [1.82, 2.24) is 10.2 Å². The fourth-order valence-corrected chi connectivity index (χ4v) is 4.57. The number of benzene rings is 1. The first-order valence-corrected chi connectivity index (χ1v) is 9.21. The zero-order valence-electron chi connectivity index (χ0n) is 14.3. The fraction of sp³-hybridized carbons (Fsp3) is 0.579. The lowest BCUT2D eigenvalue weighted by Crippen LogP contribution is -2.50. The number of likely N-dealkylation sites (tertiary alicyclic amines) is 1. The lowest BCUT2D eigenvalue weighted by molar-refractivity contribution is -0.133. The molecule has 25 heavy (non-hydrogen) atoms. The number of nitrogens with zero attached hydrogens (tertiary/aromatic N) is 2. The van der Waals surface area contributed by atoms with Crippen molar-refractivity contribution in [3.8, 4) is 0 Å². The van der Waals surface area contributed by atoms with Crippen molar-refractivity contribution in [2.75, 3.05) is 26.2 Å². The Balaban J connectivity index is 1.30. The molecule has 0 unspecified atom stereocenters. The fourth-order valence-electron chi connectivity index (χ4n) is 4.57. The Bertz CT molecular complexity index is 731. The number of rotatable bonds is 0. The van der Waals surface area contributed by atoms with Gasteiger partial charge in [0, 0.05) is 25.9 Å². The zero-order chi connectivity index (χ0) is 16.9. The standard InChI is InChI=1S/C19H23N3O3/c23-16-19(5-9-20-10-6-19)25-17(21-16)22-11-7-18(8-12-22)15-4-2-1-3-14(15)13-24-18/h1-4,20H,5-13H2. The first-order valence-electron chi connectivity index (χ1n) is 9.21. The zero-order valence-corrected chi connectivity index (χ0v) is 14.3. The van der Waals surface area contributed by atoms with Crippen LogP contribution < -0.4 is 5.32 Å². The van der Waals surface area contributed by atoms with E-state index >= 15 is 0 Å². The number of amides is 1. The molecule has 2 saturated heterocycles. The van der Waals surface area contributed by atoms with Crippen molar-refractivity contribution in [3.63, 3.8) is 0 Å². The van der Waals surface area contributed by atoms with Gasteiger partial charge in [-0.25, -0.2) is 0 Å². The van der Waals surface area contributed by atoms with Gasteiger partial charge in [0.25, 0.3) is 11.9 Å². The molecule has 4 aliphatic rings. The number of hydrogen-bond donors (Lipinski definition) is 1. The Labute approximate surface area is 147 Å². The van der Waals surface area contributed by atoms with Crippen LogP contribution in [0.15, 0.2) is 29.3 Å². The van der Waals surface area contributed by atoms with E-state index in [0.717, 1.165) is 39.0 Å². The van der Waals surface area contributed by atoms with Crippen LogP contribution in [0.3, 0.4) is 0 Å². The molecule has 0 bridgehead atoms. The van der Waals surface area contributed by atoms with Gasteiger partial charge in [-0.3, -0.25) is 4.79 Å². The topological polar surface area (TPSA) is 63.2 Å². The third-order valence-corrected chi connectivity index (χ3v) is 6.14. The van der Waals surface area contributed by atoms with Gasteiger partial charge in [-0.05, 0) is 37.1 Å². The lowest BCUT2D eigenvalue weighted by Gasteiger charge is -2.40. The van der Waals surface area contributed by atoms with Gasteiger partial charge in [-0.2, -0.15) is 4.99 Å². The first-order chi connectivity index (χ1) is 12.2.